The summed E-state index contributed by atoms with van der Waals surface area (Å²) in [6, 6.07) is 22.0. The van der Waals surface area contributed by atoms with Crippen LogP contribution in [0.4, 0.5) is 16.2 Å². The monoisotopic (exact) mass is 469 g/mol. The number of rotatable bonds is 5. The fourth-order valence-electron chi connectivity index (χ4n) is 3.88. The second-order valence-corrected chi connectivity index (χ2v) is 9.60. The average Bonchev–Trinajstić information content (AvgIpc) is 2.87. The van der Waals surface area contributed by atoms with Crippen LogP contribution in [0.2, 0.25) is 0 Å². The molecule has 0 aliphatic carbocycles. The van der Waals surface area contributed by atoms with Crippen molar-refractivity contribution in [2.24, 2.45) is 0 Å². The number of amides is 1. The molecule has 1 amide bonds. The zero-order chi connectivity index (χ0) is 24.8. The molecular formula is C28H31N5O2. The van der Waals surface area contributed by atoms with Gasteiger partial charge < -0.3 is 19.9 Å². The van der Waals surface area contributed by atoms with Crippen molar-refractivity contribution in [3.8, 4) is 17.3 Å². The van der Waals surface area contributed by atoms with Gasteiger partial charge in [0.1, 0.15) is 5.60 Å². The maximum absolute atomic E-state index is 12.3. The summed E-state index contributed by atoms with van der Waals surface area (Å²) in [6.07, 6.45) is 1.63. The van der Waals surface area contributed by atoms with E-state index in [9.17, 15) is 4.79 Å². The van der Waals surface area contributed by atoms with Crippen molar-refractivity contribution < 1.29 is 9.53 Å². The van der Waals surface area contributed by atoms with Gasteiger partial charge in [-0.2, -0.15) is 5.26 Å². The predicted molar refractivity (Wildman–Crippen MR) is 138 cm³/mol. The Labute approximate surface area is 207 Å². The fourth-order valence-corrected chi connectivity index (χ4v) is 3.88. The van der Waals surface area contributed by atoms with Crippen molar-refractivity contribution in [3.05, 3.63) is 78.0 Å². The molecule has 0 unspecified atom stereocenters. The van der Waals surface area contributed by atoms with Crippen LogP contribution in [0.1, 0.15) is 31.9 Å². The Morgan fingerprint density at radius 2 is 1.69 bits per heavy atom. The number of nitriles is 1. The van der Waals surface area contributed by atoms with Crippen LogP contribution in [0.3, 0.4) is 0 Å². The van der Waals surface area contributed by atoms with Gasteiger partial charge in [0.15, 0.2) is 0 Å². The van der Waals surface area contributed by atoms with Gasteiger partial charge in [-0.05, 0) is 68.8 Å². The molecule has 2 aromatic carbocycles. The predicted octanol–water partition coefficient (Wildman–Crippen LogP) is 5.29. The first kappa shape index (κ1) is 24.1. The number of nitrogens with zero attached hydrogens (tertiary/aromatic N) is 4. The van der Waals surface area contributed by atoms with Crippen LogP contribution in [-0.4, -0.2) is 47.8 Å². The van der Waals surface area contributed by atoms with E-state index in [2.05, 4.69) is 51.6 Å². The van der Waals surface area contributed by atoms with Crippen LogP contribution in [0.5, 0.6) is 0 Å². The largest absolute Gasteiger partial charge is 0.444 e. The molecule has 1 aromatic heterocycles. The van der Waals surface area contributed by atoms with Crippen LogP contribution >= 0.6 is 0 Å². The summed E-state index contributed by atoms with van der Waals surface area (Å²) in [5, 5.41) is 12.4. The Morgan fingerprint density at radius 3 is 2.26 bits per heavy atom. The molecule has 7 nitrogen and oxygen atoms in total. The van der Waals surface area contributed by atoms with Crippen LogP contribution in [0, 0.1) is 11.3 Å². The highest BCUT2D eigenvalue weighted by atomic mass is 16.6. The van der Waals surface area contributed by atoms with E-state index in [0.717, 1.165) is 41.3 Å². The van der Waals surface area contributed by atoms with Crippen molar-refractivity contribution in [1.29, 1.82) is 5.26 Å². The zero-order valence-electron chi connectivity index (χ0n) is 20.5. The molecule has 1 fully saturated rings. The number of aromatic nitrogens is 1. The molecule has 180 valence electrons. The molecular weight excluding hydrogens is 438 g/mol. The van der Waals surface area contributed by atoms with E-state index in [4.69, 9.17) is 10.00 Å². The van der Waals surface area contributed by atoms with E-state index in [-0.39, 0.29) is 6.09 Å². The minimum Gasteiger partial charge on any atom is -0.444 e. The summed E-state index contributed by atoms with van der Waals surface area (Å²) in [5.74, 6) is 0. The highest BCUT2D eigenvalue weighted by Gasteiger charge is 2.25. The number of benzene rings is 2. The highest BCUT2D eigenvalue weighted by molar-refractivity contribution is 5.69. The topological polar surface area (TPSA) is 81.5 Å². The number of piperazine rings is 1. The molecule has 0 atom stereocenters. The molecule has 2 heterocycles. The highest BCUT2D eigenvalue weighted by Crippen LogP contribution is 2.22. The first-order chi connectivity index (χ1) is 16.8. The van der Waals surface area contributed by atoms with Crippen molar-refractivity contribution >= 4 is 17.5 Å². The number of hydrogen-bond donors (Lipinski definition) is 1. The minimum atomic E-state index is -0.472. The van der Waals surface area contributed by atoms with Gasteiger partial charge in [-0.15, -0.1) is 0 Å². The maximum atomic E-state index is 12.3. The standard InChI is InChI=1S/C28H31N5O2/c1-28(2,3)35-27(34)33-16-14-32(15-17-33)25-11-9-24(10-12-25)30-19-22-6-13-26(31-20-22)23-7-4-21(18-29)5-8-23/h4-13,20,30H,14-17,19H2,1-3H3. The summed E-state index contributed by atoms with van der Waals surface area (Å²) in [5.41, 5.74) is 5.32. The molecule has 0 spiro atoms. The summed E-state index contributed by atoms with van der Waals surface area (Å²) >= 11 is 0. The average molecular weight is 470 g/mol. The van der Waals surface area contributed by atoms with E-state index >= 15 is 0 Å². The summed E-state index contributed by atoms with van der Waals surface area (Å²) in [7, 11) is 0. The Kier molecular flexibility index (Phi) is 7.21. The lowest BCUT2D eigenvalue weighted by Gasteiger charge is -2.36. The second-order valence-electron chi connectivity index (χ2n) is 9.60. The van der Waals surface area contributed by atoms with E-state index in [1.54, 1.807) is 17.0 Å². The lowest BCUT2D eigenvalue weighted by molar-refractivity contribution is 0.0240. The first-order valence-electron chi connectivity index (χ1n) is 11.8. The molecule has 3 aromatic rings. The van der Waals surface area contributed by atoms with E-state index in [0.29, 0.717) is 25.2 Å². The van der Waals surface area contributed by atoms with Crippen LogP contribution in [-0.2, 0) is 11.3 Å². The summed E-state index contributed by atoms with van der Waals surface area (Å²) in [6.45, 7) is 9.21. The van der Waals surface area contributed by atoms with Gasteiger partial charge >= 0.3 is 6.09 Å². The van der Waals surface area contributed by atoms with Crippen LogP contribution in [0.25, 0.3) is 11.3 Å². The third-order valence-electron chi connectivity index (χ3n) is 5.79. The molecule has 1 saturated heterocycles. The maximum Gasteiger partial charge on any atom is 0.410 e. The number of nitrogens with one attached hydrogen (secondary N) is 1. The Balaban J connectivity index is 1.27. The number of hydrogen-bond acceptors (Lipinski definition) is 6. The SMILES string of the molecule is CC(C)(C)OC(=O)N1CCN(c2ccc(NCc3ccc(-c4ccc(C#N)cc4)nc3)cc2)CC1. The van der Waals surface area contributed by atoms with E-state index in [1.807, 2.05) is 45.2 Å². The molecule has 0 bridgehead atoms. The van der Waals surface area contributed by atoms with Crippen molar-refractivity contribution in [3.63, 3.8) is 0 Å². The molecule has 1 N–H and O–H groups in total. The molecule has 7 heteroatoms. The molecule has 0 saturated carbocycles. The van der Waals surface area contributed by atoms with Gasteiger partial charge in [-0.3, -0.25) is 4.98 Å². The number of anilines is 2. The fraction of sp³-hybridized carbons (Fsp3) is 0.321. The Hall–Kier alpha value is -4.05. The molecule has 0 radical (unpaired) electrons. The molecule has 35 heavy (non-hydrogen) atoms. The number of carbonyl (C=O) groups excluding carboxylic acids is 1. The minimum absolute atomic E-state index is 0.240. The van der Waals surface area contributed by atoms with Crippen molar-refractivity contribution in [1.82, 2.24) is 9.88 Å². The van der Waals surface area contributed by atoms with Gasteiger partial charge in [0.05, 0.1) is 17.3 Å². The van der Waals surface area contributed by atoms with Crippen molar-refractivity contribution in [2.45, 2.75) is 32.9 Å². The van der Waals surface area contributed by atoms with Gasteiger partial charge in [-0.25, -0.2) is 4.79 Å². The van der Waals surface area contributed by atoms with E-state index < -0.39 is 5.60 Å². The number of pyridine rings is 1. The Bertz CT molecular complexity index is 1170. The van der Waals surface area contributed by atoms with Gasteiger partial charge in [0.2, 0.25) is 0 Å². The third kappa shape index (κ3) is 6.51. The number of ether oxygens (including phenoxy) is 1. The van der Waals surface area contributed by atoms with E-state index in [1.165, 1.54) is 0 Å². The Morgan fingerprint density at radius 1 is 1.00 bits per heavy atom. The smallest absolute Gasteiger partial charge is 0.410 e. The second kappa shape index (κ2) is 10.5. The van der Waals surface area contributed by atoms with Crippen molar-refractivity contribution in [2.75, 3.05) is 36.4 Å². The molecule has 1 aliphatic rings. The number of carbonyl (C=O) groups is 1. The summed E-state index contributed by atoms with van der Waals surface area (Å²) in [4.78, 5) is 20.9. The quantitative estimate of drug-likeness (QED) is 0.547. The normalized spacial score (nSPS) is 13.8. The first-order valence-corrected chi connectivity index (χ1v) is 11.8. The lowest BCUT2D eigenvalue weighted by atomic mass is 10.1. The third-order valence-corrected chi connectivity index (χ3v) is 5.79. The molecule has 1 aliphatic heterocycles. The summed E-state index contributed by atoms with van der Waals surface area (Å²) < 4.78 is 5.48. The zero-order valence-corrected chi connectivity index (χ0v) is 20.5. The van der Waals surface area contributed by atoms with Gasteiger partial charge in [0, 0.05) is 55.9 Å². The lowest BCUT2D eigenvalue weighted by Crippen LogP contribution is -2.50. The molecule has 4 rings (SSSR count). The van der Waals surface area contributed by atoms with Gasteiger partial charge in [-0.1, -0.05) is 18.2 Å². The van der Waals surface area contributed by atoms with Gasteiger partial charge in [0.25, 0.3) is 0 Å². The van der Waals surface area contributed by atoms with Crippen LogP contribution < -0.4 is 10.2 Å². The van der Waals surface area contributed by atoms with Crippen LogP contribution in [0.15, 0.2) is 66.9 Å².